The maximum atomic E-state index is 10.9. The predicted molar refractivity (Wildman–Crippen MR) is 52.5 cm³/mol. The number of carbonyl (C=O) groups excluding carboxylic acids is 1. The van der Waals surface area contributed by atoms with Gasteiger partial charge in [0, 0.05) is 11.8 Å². The largest absolute Gasteiger partial charge is 0.469 e. The van der Waals surface area contributed by atoms with Gasteiger partial charge in [0.25, 0.3) is 0 Å². The predicted octanol–water partition coefficient (Wildman–Crippen LogP) is 1.52. The molecule has 0 aliphatic carbocycles. The number of methoxy groups -OCH3 is 1. The molecule has 0 amide bonds. The number of carbonyl (C=O) groups is 1. The van der Waals surface area contributed by atoms with Gasteiger partial charge in [-0.1, -0.05) is 12.2 Å². The fraction of sp³-hybridized carbons (Fsp3) is 0.286. The third-order valence-corrected chi connectivity index (χ3v) is 2.04. The number of hydrogen-bond donors (Lipinski definition) is 2. The van der Waals surface area contributed by atoms with Crippen molar-refractivity contribution in [2.24, 2.45) is 0 Å². The summed E-state index contributed by atoms with van der Waals surface area (Å²) < 4.78 is 5.41. The third-order valence-electron chi connectivity index (χ3n) is 1.46. The van der Waals surface area contributed by atoms with Gasteiger partial charge in [0.2, 0.25) is 0 Å². The molecule has 6 heteroatoms. The minimum atomic E-state index is -0.329. The summed E-state index contributed by atoms with van der Waals surface area (Å²) in [5.41, 5.74) is 0.676. The average molecular weight is 216 g/mol. The molecule has 0 aliphatic heterocycles. The van der Waals surface area contributed by atoms with Crippen molar-refractivity contribution < 1.29 is 9.53 Å². The highest BCUT2D eigenvalue weighted by Gasteiger charge is 2.03. The highest BCUT2D eigenvalue weighted by atomic mass is 32.1. The van der Waals surface area contributed by atoms with Crippen molar-refractivity contribution in [2.45, 2.75) is 6.42 Å². The van der Waals surface area contributed by atoms with Gasteiger partial charge in [-0.3, -0.25) is 4.79 Å². The minimum Gasteiger partial charge on any atom is -0.469 e. The van der Waals surface area contributed by atoms with Gasteiger partial charge >= 0.3 is 5.97 Å². The maximum absolute atomic E-state index is 10.9. The fourth-order valence-electron chi connectivity index (χ4n) is 0.797. The minimum absolute atomic E-state index is 0.151. The Morgan fingerprint density at radius 2 is 2.31 bits per heavy atom. The summed E-state index contributed by atoms with van der Waals surface area (Å²) in [4.78, 5) is 16.4. The van der Waals surface area contributed by atoms with Crippen LogP contribution >= 0.6 is 24.4 Å². The molecular formula is C7H8N2O2S2. The van der Waals surface area contributed by atoms with Crippen LogP contribution in [0.5, 0.6) is 0 Å². The van der Waals surface area contributed by atoms with Crippen molar-refractivity contribution >= 4 is 30.4 Å². The first-order chi connectivity index (χ1) is 6.13. The van der Waals surface area contributed by atoms with Crippen LogP contribution in [0.15, 0.2) is 6.20 Å². The van der Waals surface area contributed by atoms with Crippen molar-refractivity contribution in [1.29, 1.82) is 0 Å². The van der Waals surface area contributed by atoms with E-state index in [4.69, 9.17) is 24.4 Å². The van der Waals surface area contributed by atoms with Crippen LogP contribution in [-0.4, -0.2) is 23.0 Å². The zero-order valence-corrected chi connectivity index (χ0v) is 8.55. The van der Waals surface area contributed by atoms with Crippen molar-refractivity contribution in [1.82, 2.24) is 9.97 Å². The number of hydrogen-bond acceptors (Lipinski definition) is 4. The van der Waals surface area contributed by atoms with E-state index in [1.54, 1.807) is 6.20 Å². The quantitative estimate of drug-likeness (QED) is 0.581. The van der Waals surface area contributed by atoms with E-state index in [0.29, 0.717) is 15.0 Å². The van der Waals surface area contributed by atoms with Crippen molar-refractivity contribution in [2.75, 3.05) is 7.11 Å². The Balaban J connectivity index is 2.97. The van der Waals surface area contributed by atoms with Gasteiger partial charge in [-0.2, -0.15) is 0 Å². The number of H-pyrrole nitrogens is 2. The number of rotatable bonds is 2. The van der Waals surface area contributed by atoms with Gasteiger partial charge in [-0.15, -0.1) is 0 Å². The Hall–Kier alpha value is -1.01. The lowest BCUT2D eigenvalue weighted by Crippen LogP contribution is -2.05. The number of aromatic nitrogens is 2. The van der Waals surface area contributed by atoms with E-state index in [1.165, 1.54) is 7.11 Å². The van der Waals surface area contributed by atoms with Crippen LogP contribution in [0.3, 0.4) is 0 Å². The van der Waals surface area contributed by atoms with Gasteiger partial charge in [-0.25, -0.2) is 0 Å². The van der Waals surface area contributed by atoms with E-state index in [2.05, 4.69) is 14.7 Å². The second-order valence-electron chi connectivity index (χ2n) is 2.35. The van der Waals surface area contributed by atoms with Gasteiger partial charge < -0.3 is 14.7 Å². The Morgan fingerprint density at radius 3 is 2.85 bits per heavy atom. The van der Waals surface area contributed by atoms with Crippen LogP contribution in [0.4, 0.5) is 0 Å². The van der Waals surface area contributed by atoms with E-state index in [9.17, 15) is 4.79 Å². The van der Waals surface area contributed by atoms with E-state index < -0.39 is 0 Å². The summed E-state index contributed by atoms with van der Waals surface area (Å²) in [5.74, 6) is -0.329. The van der Waals surface area contributed by atoms with Crippen LogP contribution in [0, 0.1) is 9.41 Å². The molecule has 4 nitrogen and oxygen atoms in total. The summed E-state index contributed by atoms with van der Waals surface area (Å²) in [6.45, 7) is 0. The number of aromatic amines is 2. The smallest absolute Gasteiger partial charge is 0.310 e. The second kappa shape index (κ2) is 4.29. The SMILES string of the molecule is COC(=O)Cc1c[nH]c(=S)[nH]c1=S. The second-order valence-corrected chi connectivity index (χ2v) is 3.17. The molecule has 70 valence electrons. The molecule has 0 spiro atoms. The van der Waals surface area contributed by atoms with Crippen molar-refractivity contribution in [3.05, 3.63) is 21.2 Å². The van der Waals surface area contributed by atoms with Gasteiger partial charge in [0.15, 0.2) is 4.77 Å². The van der Waals surface area contributed by atoms with Crippen LogP contribution in [0.1, 0.15) is 5.56 Å². The molecule has 13 heavy (non-hydrogen) atoms. The monoisotopic (exact) mass is 216 g/mol. The van der Waals surface area contributed by atoms with E-state index in [1.807, 2.05) is 0 Å². The van der Waals surface area contributed by atoms with Crippen LogP contribution in [0.25, 0.3) is 0 Å². The van der Waals surface area contributed by atoms with Gasteiger partial charge in [0.05, 0.1) is 13.5 Å². The molecule has 0 saturated carbocycles. The summed E-state index contributed by atoms with van der Waals surface area (Å²) in [6.07, 6.45) is 1.76. The molecule has 1 aromatic heterocycles. The molecule has 1 rings (SSSR count). The lowest BCUT2D eigenvalue weighted by Gasteiger charge is -1.99. The normalized spacial score (nSPS) is 9.62. The third kappa shape index (κ3) is 2.74. The highest BCUT2D eigenvalue weighted by Crippen LogP contribution is 2.00. The molecule has 1 heterocycles. The molecule has 0 radical (unpaired) electrons. The van der Waals surface area contributed by atoms with E-state index in [-0.39, 0.29) is 12.4 Å². The Kier molecular flexibility index (Phi) is 3.32. The Bertz CT molecular complexity index is 421. The topological polar surface area (TPSA) is 57.9 Å². The highest BCUT2D eigenvalue weighted by molar-refractivity contribution is 7.72. The summed E-state index contributed by atoms with van der Waals surface area (Å²) in [5, 5.41) is 0. The standard InChI is InChI=1S/C7H8N2O2S2/c1-11-5(10)2-4-3-8-7(13)9-6(4)12/h3H,2H2,1H3,(H2,8,9,12,13). The Morgan fingerprint density at radius 1 is 1.62 bits per heavy atom. The first kappa shape index (κ1) is 10.1. The molecular weight excluding hydrogens is 208 g/mol. The van der Waals surface area contributed by atoms with Crippen LogP contribution in [0.2, 0.25) is 0 Å². The van der Waals surface area contributed by atoms with Crippen molar-refractivity contribution in [3.63, 3.8) is 0 Å². The summed E-state index contributed by atoms with van der Waals surface area (Å²) in [7, 11) is 1.33. The maximum Gasteiger partial charge on any atom is 0.310 e. The lowest BCUT2D eigenvalue weighted by molar-refractivity contribution is -0.139. The number of nitrogens with one attached hydrogen (secondary N) is 2. The van der Waals surface area contributed by atoms with E-state index in [0.717, 1.165) is 0 Å². The molecule has 0 saturated heterocycles. The van der Waals surface area contributed by atoms with Crippen LogP contribution in [-0.2, 0) is 16.0 Å². The molecule has 0 unspecified atom stereocenters. The van der Waals surface area contributed by atoms with Crippen molar-refractivity contribution in [3.8, 4) is 0 Å². The molecule has 2 N–H and O–H groups in total. The lowest BCUT2D eigenvalue weighted by atomic mass is 10.2. The summed E-state index contributed by atoms with van der Waals surface area (Å²) >= 11 is 9.76. The number of esters is 1. The molecule has 0 atom stereocenters. The zero-order valence-electron chi connectivity index (χ0n) is 6.92. The van der Waals surface area contributed by atoms with E-state index >= 15 is 0 Å². The zero-order chi connectivity index (χ0) is 9.84. The van der Waals surface area contributed by atoms with Crippen LogP contribution < -0.4 is 0 Å². The molecule has 0 aromatic carbocycles. The molecule has 0 bridgehead atoms. The Labute approximate surface area is 85.0 Å². The molecule has 1 aromatic rings. The molecule has 0 aliphatic rings. The summed E-state index contributed by atoms with van der Waals surface area (Å²) in [6, 6.07) is 0. The number of ether oxygens (including phenoxy) is 1. The first-order valence-corrected chi connectivity index (χ1v) is 4.33. The van der Waals surface area contributed by atoms with Gasteiger partial charge in [-0.05, 0) is 12.2 Å². The van der Waals surface area contributed by atoms with Gasteiger partial charge in [0.1, 0.15) is 4.64 Å². The first-order valence-electron chi connectivity index (χ1n) is 3.51. The fourth-order valence-corrected chi connectivity index (χ4v) is 1.26. The molecule has 0 fully saturated rings. The average Bonchev–Trinajstić information content (AvgIpc) is 2.09.